The van der Waals surface area contributed by atoms with Crippen molar-refractivity contribution in [2.24, 2.45) is 35.5 Å². The first kappa shape index (κ1) is 6.23. The molecule has 0 N–H and O–H groups in total. The van der Waals surface area contributed by atoms with E-state index < -0.39 is 0 Å². The van der Waals surface area contributed by atoms with Gasteiger partial charge in [-0.3, -0.25) is 0 Å². The average Bonchev–Trinajstić information content (AvgIpc) is 2.36. The monoisotopic (exact) mass is 160 g/mol. The molecule has 0 aliphatic heterocycles. The Morgan fingerprint density at radius 2 is 1.92 bits per heavy atom. The quantitative estimate of drug-likeness (QED) is 0.478. The van der Waals surface area contributed by atoms with Crippen LogP contribution in [0.15, 0.2) is 11.6 Å². The molecule has 0 saturated heterocycles. The molecule has 5 aliphatic rings. The summed E-state index contributed by atoms with van der Waals surface area (Å²) in [5.74, 6) is 7.09. The van der Waals surface area contributed by atoms with Crippen molar-refractivity contribution in [1.82, 2.24) is 0 Å². The van der Waals surface area contributed by atoms with Crippen molar-refractivity contribution in [2.75, 3.05) is 0 Å². The molecule has 0 amide bonds. The molecule has 6 atom stereocenters. The van der Waals surface area contributed by atoms with Crippen LogP contribution in [0.5, 0.6) is 0 Å². The van der Waals surface area contributed by atoms with Crippen molar-refractivity contribution in [1.29, 1.82) is 0 Å². The molecule has 0 aromatic carbocycles. The van der Waals surface area contributed by atoms with Crippen LogP contribution in [0.3, 0.4) is 0 Å². The Labute approximate surface area is 74.0 Å². The van der Waals surface area contributed by atoms with Gasteiger partial charge in [-0.2, -0.15) is 0 Å². The summed E-state index contributed by atoms with van der Waals surface area (Å²) in [4.78, 5) is 0. The molecule has 4 fully saturated rings. The van der Waals surface area contributed by atoms with Crippen LogP contribution in [0, 0.1) is 35.5 Å². The van der Waals surface area contributed by atoms with Crippen molar-refractivity contribution in [3.8, 4) is 0 Å². The number of rotatable bonds is 0. The van der Waals surface area contributed by atoms with Crippen molar-refractivity contribution in [3.05, 3.63) is 11.6 Å². The molecule has 0 heteroatoms. The second kappa shape index (κ2) is 1.66. The normalized spacial score (nSPS) is 64.6. The molecule has 0 aromatic rings. The topological polar surface area (TPSA) is 0 Å². The Morgan fingerprint density at radius 1 is 1.08 bits per heavy atom. The molecule has 0 spiro atoms. The molecule has 5 rings (SSSR count). The van der Waals surface area contributed by atoms with Crippen molar-refractivity contribution < 1.29 is 0 Å². The first-order valence-corrected chi connectivity index (χ1v) is 5.52. The molecule has 0 unspecified atom stereocenters. The lowest BCUT2D eigenvalue weighted by atomic mass is 9.89. The fraction of sp³-hybridized carbons (Fsp3) is 0.833. The van der Waals surface area contributed by atoms with Crippen molar-refractivity contribution in [3.63, 3.8) is 0 Å². The second-order valence-corrected chi connectivity index (χ2v) is 5.54. The molecule has 5 aliphatic carbocycles. The minimum absolute atomic E-state index is 1.14. The van der Waals surface area contributed by atoms with E-state index in [2.05, 4.69) is 13.0 Å². The number of allylic oxidation sites excluding steroid dienone is 2. The van der Waals surface area contributed by atoms with Gasteiger partial charge in [0.2, 0.25) is 0 Å². The van der Waals surface area contributed by atoms with Gasteiger partial charge in [0.25, 0.3) is 0 Å². The molecule has 0 aromatic heterocycles. The van der Waals surface area contributed by atoms with Crippen molar-refractivity contribution in [2.45, 2.75) is 26.2 Å². The van der Waals surface area contributed by atoms with Crippen LogP contribution < -0.4 is 0 Å². The molecule has 4 saturated carbocycles. The van der Waals surface area contributed by atoms with Gasteiger partial charge in [-0.25, -0.2) is 0 Å². The van der Waals surface area contributed by atoms with Gasteiger partial charge in [0.1, 0.15) is 0 Å². The van der Waals surface area contributed by atoms with Gasteiger partial charge < -0.3 is 0 Å². The summed E-state index contributed by atoms with van der Waals surface area (Å²) in [5, 5.41) is 0. The lowest BCUT2D eigenvalue weighted by Gasteiger charge is -2.15. The molecule has 0 heterocycles. The highest BCUT2D eigenvalue weighted by Gasteiger charge is 2.72. The van der Waals surface area contributed by atoms with Crippen LogP contribution >= 0.6 is 0 Å². The predicted molar refractivity (Wildman–Crippen MR) is 48.5 cm³/mol. The molecular weight excluding hydrogens is 144 g/mol. The summed E-state index contributed by atoms with van der Waals surface area (Å²) < 4.78 is 0. The SMILES string of the molecule is CC1=CC[C@H]2[C@@H]3C[C@H]4[C@H]2[C@@H]4[C@@H]3C1. The first-order valence-electron chi connectivity index (χ1n) is 5.52. The van der Waals surface area contributed by atoms with Crippen molar-refractivity contribution >= 4 is 0 Å². The van der Waals surface area contributed by atoms with E-state index in [1.54, 1.807) is 12.0 Å². The minimum atomic E-state index is 1.14. The van der Waals surface area contributed by atoms with Crippen LogP contribution in [0.1, 0.15) is 26.2 Å². The smallest absolute Gasteiger partial charge is 0.0289 e. The Morgan fingerprint density at radius 3 is 2.75 bits per heavy atom. The maximum atomic E-state index is 2.54. The molecule has 0 nitrogen and oxygen atoms in total. The highest BCUT2D eigenvalue weighted by atomic mass is 14.8. The summed E-state index contributed by atoms with van der Waals surface area (Å²) in [7, 11) is 0. The zero-order valence-electron chi connectivity index (χ0n) is 7.66. The van der Waals surface area contributed by atoms with E-state index >= 15 is 0 Å². The van der Waals surface area contributed by atoms with Gasteiger partial charge in [0, 0.05) is 0 Å². The third-order valence-corrected chi connectivity index (χ3v) is 5.22. The Bertz CT molecular complexity index is 276. The van der Waals surface area contributed by atoms with E-state index in [9.17, 15) is 0 Å². The minimum Gasteiger partial charge on any atom is -0.0853 e. The van der Waals surface area contributed by atoms with Gasteiger partial charge in [-0.1, -0.05) is 11.6 Å². The van der Waals surface area contributed by atoms with Crippen LogP contribution in [0.2, 0.25) is 0 Å². The van der Waals surface area contributed by atoms with E-state index in [1.807, 2.05) is 0 Å². The van der Waals surface area contributed by atoms with Gasteiger partial charge in [0.15, 0.2) is 0 Å². The largest absolute Gasteiger partial charge is 0.0853 e. The zero-order chi connectivity index (χ0) is 7.87. The van der Waals surface area contributed by atoms with Gasteiger partial charge in [-0.05, 0) is 61.7 Å². The molecule has 12 heavy (non-hydrogen) atoms. The molecule has 0 radical (unpaired) electrons. The Kier molecular flexibility index (Phi) is 0.865. The summed E-state index contributed by atoms with van der Waals surface area (Å²) in [6, 6.07) is 0. The first-order chi connectivity index (χ1) is 5.86. The molecule has 64 valence electrons. The maximum absolute atomic E-state index is 2.54. The van der Waals surface area contributed by atoms with E-state index in [-0.39, 0.29) is 0 Å². The Balaban J connectivity index is 1.81. The van der Waals surface area contributed by atoms with Crippen LogP contribution in [0.4, 0.5) is 0 Å². The summed E-state index contributed by atoms with van der Waals surface area (Å²) in [5.41, 5.74) is 1.69. The number of hydrogen-bond acceptors (Lipinski definition) is 0. The third-order valence-electron chi connectivity index (χ3n) is 5.22. The summed E-state index contributed by atoms with van der Waals surface area (Å²) in [6.07, 6.45) is 7.05. The van der Waals surface area contributed by atoms with Crippen LogP contribution in [-0.4, -0.2) is 0 Å². The standard InChI is InChI=1S/C12H16/c1-6-2-3-7-8-5-10-11(7)12(10)9(8)4-6/h2,7-12H,3-5H2,1H3/t7-,8-,9+,10-,11-,12+/m0/s1. The number of hydrogen-bond donors (Lipinski definition) is 0. The summed E-state index contributed by atoms with van der Waals surface area (Å²) in [6.45, 7) is 2.34. The highest BCUT2D eigenvalue weighted by molar-refractivity contribution is 5.25. The van der Waals surface area contributed by atoms with E-state index in [4.69, 9.17) is 0 Å². The summed E-state index contributed by atoms with van der Waals surface area (Å²) >= 11 is 0. The molecular formula is C12H16. The van der Waals surface area contributed by atoms with Gasteiger partial charge >= 0.3 is 0 Å². The van der Waals surface area contributed by atoms with Gasteiger partial charge in [0.05, 0.1) is 0 Å². The van der Waals surface area contributed by atoms with Crippen LogP contribution in [-0.2, 0) is 0 Å². The predicted octanol–water partition coefficient (Wildman–Crippen LogP) is 2.85. The lowest BCUT2D eigenvalue weighted by Crippen LogP contribution is -2.09. The lowest BCUT2D eigenvalue weighted by molar-refractivity contribution is 0.345. The Hall–Kier alpha value is -0.260. The highest BCUT2D eigenvalue weighted by Crippen LogP contribution is 2.78. The van der Waals surface area contributed by atoms with Crippen LogP contribution in [0.25, 0.3) is 0 Å². The maximum Gasteiger partial charge on any atom is -0.0289 e. The van der Waals surface area contributed by atoms with E-state index in [1.165, 1.54) is 36.5 Å². The fourth-order valence-electron chi connectivity index (χ4n) is 4.91. The third kappa shape index (κ3) is 0.496. The molecule has 6 bridgehead atoms. The fourth-order valence-corrected chi connectivity index (χ4v) is 4.91. The van der Waals surface area contributed by atoms with E-state index in [0.717, 1.165) is 11.8 Å². The second-order valence-electron chi connectivity index (χ2n) is 5.54. The van der Waals surface area contributed by atoms with E-state index in [0.29, 0.717) is 0 Å². The van der Waals surface area contributed by atoms with Gasteiger partial charge in [-0.15, -0.1) is 0 Å². The average molecular weight is 160 g/mol. The zero-order valence-corrected chi connectivity index (χ0v) is 7.66.